The number of hydrogen-bond acceptors (Lipinski definition) is 4. The van der Waals surface area contributed by atoms with Gasteiger partial charge in [-0.05, 0) is 23.8 Å². The van der Waals surface area contributed by atoms with Crippen molar-refractivity contribution in [3.63, 3.8) is 0 Å². The Kier molecular flexibility index (Phi) is 5.52. The highest BCUT2D eigenvalue weighted by atomic mass is 16.5. The maximum Gasteiger partial charge on any atom is 0.283 e. The van der Waals surface area contributed by atoms with Crippen LogP contribution in [0.25, 0.3) is 12.2 Å². The highest BCUT2D eigenvalue weighted by Gasteiger charge is 2.06. The van der Waals surface area contributed by atoms with Crippen LogP contribution in [-0.2, 0) is 4.79 Å². The quantitative estimate of drug-likeness (QED) is 0.486. The van der Waals surface area contributed by atoms with Crippen LogP contribution in [0.15, 0.2) is 60.4 Å². The lowest BCUT2D eigenvalue weighted by molar-refractivity contribution is -0.116. The average molecular weight is 323 g/mol. The van der Waals surface area contributed by atoms with Gasteiger partial charge in [-0.2, -0.15) is 0 Å². The summed E-state index contributed by atoms with van der Waals surface area (Å²) >= 11 is 0. The summed E-state index contributed by atoms with van der Waals surface area (Å²) in [6.07, 6.45) is 4.36. The number of aliphatic hydroxyl groups excluding tert-OH is 1. The van der Waals surface area contributed by atoms with Crippen LogP contribution in [-0.4, -0.2) is 23.9 Å². The summed E-state index contributed by atoms with van der Waals surface area (Å²) in [5.41, 5.74) is 6.84. The molecule has 3 N–H and O–H groups in total. The number of ketones is 1. The summed E-state index contributed by atoms with van der Waals surface area (Å²) in [5, 5.41) is 9.44. The topological polar surface area (TPSA) is 89.6 Å². The molecule has 0 aliphatic rings. The molecule has 5 nitrogen and oxygen atoms in total. The van der Waals surface area contributed by atoms with Gasteiger partial charge >= 0.3 is 0 Å². The van der Waals surface area contributed by atoms with E-state index in [-0.39, 0.29) is 5.78 Å². The lowest BCUT2D eigenvalue weighted by Gasteiger charge is -2.06. The number of methoxy groups -OCH3 is 1. The second-order valence-corrected chi connectivity index (χ2v) is 4.96. The molecule has 1 amide bonds. The molecule has 2 aromatic rings. The highest BCUT2D eigenvalue weighted by molar-refractivity contribution is 6.06. The van der Waals surface area contributed by atoms with E-state index in [9.17, 15) is 14.7 Å². The van der Waals surface area contributed by atoms with Crippen molar-refractivity contribution in [3.05, 3.63) is 77.1 Å². The van der Waals surface area contributed by atoms with Crippen molar-refractivity contribution in [1.82, 2.24) is 0 Å². The van der Waals surface area contributed by atoms with Gasteiger partial charge in [0.1, 0.15) is 5.75 Å². The largest absolute Gasteiger partial charge is 0.503 e. The molecule has 2 rings (SSSR count). The average Bonchev–Trinajstić information content (AvgIpc) is 2.61. The van der Waals surface area contributed by atoms with Crippen molar-refractivity contribution in [2.75, 3.05) is 7.11 Å². The summed E-state index contributed by atoms with van der Waals surface area (Å²) in [6.45, 7) is 0. The van der Waals surface area contributed by atoms with Gasteiger partial charge in [-0.25, -0.2) is 0 Å². The van der Waals surface area contributed by atoms with Crippen molar-refractivity contribution in [1.29, 1.82) is 0 Å². The number of primary amides is 1. The van der Waals surface area contributed by atoms with E-state index >= 15 is 0 Å². The van der Waals surface area contributed by atoms with Crippen LogP contribution in [0.4, 0.5) is 0 Å². The molecule has 2 aromatic carbocycles. The van der Waals surface area contributed by atoms with Gasteiger partial charge in [-0.1, -0.05) is 48.5 Å². The number of benzene rings is 2. The maximum atomic E-state index is 12.0. The molecule has 24 heavy (non-hydrogen) atoms. The SMILES string of the molecule is COc1cc(/C=C/C(=O)c2ccccc2)ccc1/C=C(\O)C(N)=O. The number of hydrogen-bond donors (Lipinski definition) is 2. The molecule has 0 aromatic heterocycles. The Hall–Kier alpha value is -3.34. The van der Waals surface area contributed by atoms with Gasteiger partial charge in [0, 0.05) is 11.1 Å². The van der Waals surface area contributed by atoms with Gasteiger partial charge in [-0.3, -0.25) is 9.59 Å². The second kappa shape index (κ2) is 7.78. The Balaban J connectivity index is 2.24. The molecule has 5 heteroatoms. The summed E-state index contributed by atoms with van der Waals surface area (Å²) < 4.78 is 5.23. The number of carbonyl (C=O) groups excluding carboxylic acids is 2. The fourth-order valence-electron chi connectivity index (χ4n) is 2.04. The number of aliphatic hydroxyl groups is 1. The van der Waals surface area contributed by atoms with E-state index in [2.05, 4.69) is 0 Å². The lowest BCUT2D eigenvalue weighted by Crippen LogP contribution is -2.13. The van der Waals surface area contributed by atoms with Crippen LogP contribution in [0.5, 0.6) is 5.75 Å². The van der Waals surface area contributed by atoms with E-state index in [1.807, 2.05) is 6.07 Å². The Morgan fingerprint density at radius 1 is 1.12 bits per heavy atom. The number of carbonyl (C=O) groups is 2. The predicted octanol–water partition coefficient (Wildman–Crippen LogP) is 2.98. The molecule has 0 unspecified atom stereocenters. The number of nitrogens with two attached hydrogens (primary N) is 1. The van der Waals surface area contributed by atoms with Crippen LogP contribution >= 0.6 is 0 Å². The molecular formula is C19H17NO4. The van der Waals surface area contributed by atoms with Gasteiger partial charge in [0.2, 0.25) is 0 Å². The standard InChI is InChI=1S/C19H17NO4/c1-24-18-11-13(7-9-15(18)12-17(22)19(20)23)8-10-16(21)14-5-3-2-4-6-14/h2-12,22H,1H3,(H2,20,23)/b10-8+,17-12-. The zero-order valence-electron chi connectivity index (χ0n) is 13.1. The Bertz CT molecular complexity index is 807. The molecule has 0 bridgehead atoms. The van der Waals surface area contributed by atoms with Crippen molar-refractivity contribution >= 4 is 23.8 Å². The molecule has 0 aliphatic carbocycles. The van der Waals surface area contributed by atoms with Crippen molar-refractivity contribution in [3.8, 4) is 5.75 Å². The number of rotatable bonds is 6. The molecule has 0 aliphatic heterocycles. The van der Waals surface area contributed by atoms with Gasteiger partial charge < -0.3 is 15.6 Å². The molecule has 122 valence electrons. The first-order valence-electron chi connectivity index (χ1n) is 7.17. The van der Waals surface area contributed by atoms with E-state index in [1.165, 1.54) is 19.3 Å². The first kappa shape index (κ1) is 17.0. The minimum atomic E-state index is -0.922. The molecule has 0 saturated carbocycles. The third-order valence-electron chi connectivity index (χ3n) is 3.29. The summed E-state index contributed by atoms with van der Waals surface area (Å²) in [7, 11) is 1.47. The highest BCUT2D eigenvalue weighted by Crippen LogP contribution is 2.23. The first-order valence-corrected chi connectivity index (χ1v) is 7.17. The minimum absolute atomic E-state index is 0.107. The summed E-state index contributed by atoms with van der Waals surface area (Å²) in [5.74, 6) is -1.15. The maximum absolute atomic E-state index is 12.0. The van der Waals surface area contributed by atoms with E-state index in [4.69, 9.17) is 10.5 Å². The molecule has 0 atom stereocenters. The second-order valence-electron chi connectivity index (χ2n) is 4.96. The number of ether oxygens (including phenoxy) is 1. The summed E-state index contributed by atoms with van der Waals surface area (Å²) in [6, 6.07) is 14.0. The molecular weight excluding hydrogens is 306 g/mol. The third-order valence-corrected chi connectivity index (χ3v) is 3.29. The number of allylic oxidation sites excluding steroid dienone is 1. The van der Waals surface area contributed by atoms with Crippen LogP contribution in [0, 0.1) is 0 Å². The Morgan fingerprint density at radius 3 is 2.46 bits per heavy atom. The molecule has 0 fully saturated rings. The number of amides is 1. The van der Waals surface area contributed by atoms with Crippen LogP contribution in [0.1, 0.15) is 21.5 Å². The monoisotopic (exact) mass is 323 g/mol. The van der Waals surface area contributed by atoms with Gasteiger partial charge in [0.25, 0.3) is 5.91 Å². The normalized spacial score (nSPS) is 11.5. The van der Waals surface area contributed by atoms with Gasteiger partial charge in [0.05, 0.1) is 7.11 Å². The predicted molar refractivity (Wildman–Crippen MR) is 92.6 cm³/mol. The van der Waals surface area contributed by atoms with Crippen molar-refractivity contribution < 1.29 is 19.4 Å². The van der Waals surface area contributed by atoms with E-state index in [0.717, 1.165) is 5.56 Å². The smallest absolute Gasteiger partial charge is 0.283 e. The fraction of sp³-hybridized carbons (Fsp3) is 0.0526. The molecule has 0 heterocycles. The van der Waals surface area contributed by atoms with Crippen molar-refractivity contribution in [2.24, 2.45) is 5.73 Å². The molecule has 0 radical (unpaired) electrons. The Morgan fingerprint density at radius 2 is 1.83 bits per heavy atom. The third kappa shape index (κ3) is 4.33. The van der Waals surface area contributed by atoms with E-state index in [1.54, 1.807) is 48.5 Å². The van der Waals surface area contributed by atoms with Gasteiger partial charge in [0.15, 0.2) is 11.5 Å². The van der Waals surface area contributed by atoms with Crippen LogP contribution in [0.2, 0.25) is 0 Å². The van der Waals surface area contributed by atoms with E-state index in [0.29, 0.717) is 16.9 Å². The fourth-order valence-corrected chi connectivity index (χ4v) is 2.04. The van der Waals surface area contributed by atoms with Gasteiger partial charge in [-0.15, -0.1) is 0 Å². The molecule has 0 saturated heterocycles. The van der Waals surface area contributed by atoms with E-state index < -0.39 is 11.7 Å². The van der Waals surface area contributed by atoms with Crippen molar-refractivity contribution in [2.45, 2.75) is 0 Å². The first-order chi connectivity index (χ1) is 11.5. The zero-order chi connectivity index (χ0) is 17.5. The summed E-state index contributed by atoms with van der Waals surface area (Å²) in [4.78, 5) is 22.9. The lowest BCUT2D eigenvalue weighted by atomic mass is 10.1. The zero-order valence-corrected chi connectivity index (χ0v) is 13.1. The molecule has 0 spiro atoms. The van der Waals surface area contributed by atoms with Crippen LogP contribution < -0.4 is 10.5 Å². The minimum Gasteiger partial charge on any atom is -0.503 e. The van der Waals surface area contributed by atoms with Crippen LogP contribution in [0.3, 0.4) is 0 Å². The Labute approximate surface area is 139 Å².